The Morgan fingerprint density at radius 1 is 1.60 bits per heavy atom. The fourth-order valence-electron chi connectivity index (χ4n) is 1.04. The lowest BCUT2D eigenvalue weighted by atomic mass is 10.2. The molecule has 0 aliphatic rings. The van der Waals surface area contributed by atoms with Crippen molar-refractivity contribution in [3.63, 3.8) is 0 Å². The van der Waals surface area contributed by atoms with Crippen LogP contribution in [-0.2, 0) is 7.05 Å². The molecule has 0 aliphatic heterocycles. The highest BCUT2D eigenvalue weighted by Gasteiger charge is 1.99. The summed E-state index contributed by atoms with van der Waals surface area (Å²) in [6.07, 6.45) is 5.13. The molecule has 15 heavy (non-hydrogen) atoms. The fourth-order valence-corrected chi connectivity index (χ4v) is 1.04. The van der Waals surface area contributed by atoms with Gasteiger partial charge in [-0.15, -0.1) is 0 Å². The Hall–Kier alpha value is -1.82. The third kappa shape index (κ3) is 3.82. The number of nitriles is 1. The smallest absolute Gasteiger partial charge is 0.133 e. The molecular formula is C12H17N3. The van der Waals surface area contributed by atoms with Gasteiger partial charge in [-0.1, -0.05) is 26.5 Å². The molecule has 0 amide bonds. The van der Waals surface area contributed by atoms with Crippen LogP contribution < -0.4 is 0 Å². The van der Waals surface area contributed by atoms with E-state index in [2.05, 4.69) is 11.6 Å². The zero-order chi connectivity index (χ0) is 11.8. The lowest BCUT2D eigenvalue weighted by Gasteiger charge is -1.93. The maximum atomic E-state index is 8.66. The van der Waals surface area contributed by atoms with E-state index in [0.717, 1.165) is 11.5 Å². The molecule has 0 N–H and O–H groups in total. The van der Waals surface area contributed by atoms with Crippen LogP contribution in [0.5, 0.6) is 0 Å². The third-order valence-corrected chi connectivity index (χ3v) is 1.67. The molecule has 1 rings (SSSR count). The summed E-state index contributed by atoms with van der Waals surface area (Å²) in [6, 6.07) is 2.03. The Bertz CT molecular complexity index is 391. The Kier molecular flexibility index (Phi) is 5.81. The van der Waals surface area contributed by atoms with Crippen molar-refractivity contribution in [1.29, 1.82) is 5.26 Å². The van der Waals surface area contributed by atoms with Crippen molar-refractivity contribution >= 4 is 6.08 Å². The summed E-state index contributed by atoms with van der Waals surface area (Å²) in [5.41, 5.74) is 1.46. The quantitative estimate of drug-likeness (QED) is 0.548. The van der Waals surface area contributed by atoms with Crippen molar-refractivity contribution < 1.29 is 0 Å². The number of hydrogen-bond donors (Lipinski definition) is 0. The molecule has 0 bridgehead atoms. The molecule has 0 saturated carbocycles. The van der Waals surface area contributed by atoms with Gasteiger partial charge in [0, 0.05) is 13.2 Å². The summed E-state index contributed by atoms with van der Waals surface area (Å²) in [6.45, 7) is 9.45. The highest BCUT2D eigenvalue weighted by molar-refractivity contribution is 5.56. The minimum absolute atomic E-state index is 0.522. The highest BCUT2D eigenvalue weighted by Crippen LogP contribution is 2.06. The van der Waals surface area contributed by atoms with E-state index in [4.69, 9.17) is 5.26 Å². The summed E-state index contributed by atoms with van der Waals surface area (Å²) in [5.74, 6) is 0.772. The van der Waals surface area contributed by atoms with E-state index in [0.29, 0.717) is 5.57 Å². The first kappa shape index (κ1) is 13.2. The van der Waals surface area contributed by atoms with E-state index < -0.39 is 0 Å². The second kappa shape index (κ2) is 6.61. The van der Waals surface area contributed by atoms with Gasteiger partial charge in [0.25, 0.3) is 0 Å². The van der Waals surface area contributed by atoms with Crippen LogP contribution in [0.25, 0.3) is 6.08 Å². The average Bonchev–Trinajstić information content (AvgIpc) is 2.56. The van der Waals surface area contributed by atoms with Crippen LogP contribution in [0.3, 0.4) is 0 Å². The van der Waals surface area contributed by atoms with Crippen molar-refractivity contribution in [2.45, 2.75) is 20.8 Å². The molecular weight excluding hydrogens is 186 g/mol. The minimum atomic E-state index is 0.522. The average molecular weight is 203 g/mol. The minimum Gasteiger partial charge on any atom is -0.334 e. The zero-order valence-corrected chi connectivity index (χ0v) is 9.78. The van der Waals surface area contributed by atoms with E-state index in [1.54, 1.807) is 6.08 Å². The van der Waals surface area contributed by atoms with E-state index in [9.17, 15) is 0 Å². The number of aryl methyl sites for hydroxylation is 2. The van der Waals surface area contributed by atoms with Gasteiger partial charge in [-0.2, -0.15) is 5.26 Å². The molecule has 1 aromatic rings. The van der Waals surface area contributed by atoms with Crippen LogP contribution in [0.1, 0.15) is 25.4 Å². The molecule has 0 atom stereocenters. The Morgan fingerprint density at radius 2 is 2.20 bits per heavy atom. The van der Waals surface area contributed by atoms with Gasteiger partial charge >= 0.3 is 0 Å². The number of rotatable bonds is 2. The summed E-state index contributed by atoms with van der Waals surface area (Å²) < 4.78 is 1.87. The first-order chi connectivity index (χ1) is 7.17. The molecule has 0 aromatic carbocycles. The highest BCUT2D eigenvalue weighted by atomic mass is 15.0. The monoisotopic (exact) mass is 203 g/mol. The van der Waals surface area contributed by atoms with Crippen molar-refractivity contribution in [1.82, 2.24) is 9.55 Å². The normalized spacial score (nSPS) is 9.93. The molecule has 0 radical (unpaired) electrons. The molecule has 3 nitrogen and oxygen atoms in total. The van der Waals surface area contributed by atoms with E-state index in [1.165, 1.54) is 6.08 Å². The Labute approximate surface area is 91.4 Å². The zero-order valence-electron chi connectivity index (χ0n) is 9.78. The fraction of sp³-hybridized carbons (Fsp3) is 0.333. The number of hydrogen-bond acceptors (Lipinski definition) is 2. The summed E-state index contributed by atoms with van der Waals surface area (Å²) in [4.78, 5) is 4.23. The standard InChI is InChI=1S/C10H11N3.C2H6/c1-4-9(6-11)5-10-12-8(2)7-13(10)3;1-2/h4-5,7H,1H2,2-3H3;1-2H3/b9-5+;. The van der Waals surface area contributed by atoms with Crippen LogP contribution in [0.2, 0.25) is 0 Å². The number of imidazole rings is 1. The van der Waals surface area contributed by atoms with Crippen molar-refractivity contribution in [2.75, 3.05) is 0 Å². The molecule has 0 aliphatic carbocycles. The summed E-state index contributed by atoms with van der Waals surface area (Å²) >= 11 is 0. The molecule has 80 valence electrons. The predicted octanol–water partition coefficient (Wildman–Crippen LogP) is 2.85. The topological polar surface area (TPSA) is 41.6 Å². The maximum Gasteiger partial charge on any atom is 0.133 e. The van der Waals surface area contributed by atoms with Crippen LogP contribution in [0, 0.1) is 18.3 Å². The summed E-state index contributed by atoms with van der Waals surface area (Å²) in [5, 5.41) is 8.66. The predicted molar refractivity (Wildman–Crippen MR) is 63.1 cm³/mol. The molecule has 0 fully saturated rings. The van der Waals surface area contributed by atoms with Crippen molar-refractivity contribution in [3.8, 4) is 6.07 Å². The first-order valence-electron chi connectivity index (χ1n) is 4.91. The van der Waals surface area contributed by atoms with E-state index >= 15 is 0 Å². The second-order valence-corrected chi connectivity index (χ2v) is 2.77. The largest absolute Gasteiger partial charge is 0.334 e. The van der Waals surface area contributed by atoms with Gasteiger partial charge in [0.15, 0.2) is 0 Å². The maximum absolute atomic E-state index is 8.66. The van der Waals surface area contributed by atoms with Gasteiger partial charge in [-0.25, -0.2) is 4.98 Å². The molecule has 1 aromatic heterocycles. The Balaban J connectivity index is 0.000000921. The molecule has 3 heteroatoms. The van der Waals surface area contributed by atoms with Crippen molar-refractivity contribution in [3.05, 3.63) is 35.9 Å². The first-order valence-corrected chi connectivity index (χ1v) is 4.91. The molecule has 0 saturated heterocycles. The number of aromatic nitrogens is 2. The SMILES string of the molecule is C=C/C(C#N)=C\c1nc(C)cn1C.CC. The van der Waals surface area contributed by atoms with Crippen LogP contribution >= 0.6 is 0 Å². The Morgan fingerprint density at radius 3 is 2.53 bits per heavy atom. The lowest BCUT2D eigenvalue weighted by Crippen LogP contribution is -1.89. The summed E-state index contributed by atoms with van der Waals surface area (Å²) in [7, 11) is 1.89. The van der Waals surface area contributed by atoms with Crippen LogP contribution in [0.4, 0.5) is 0 Å². The van der Waals surface area contributed by atoms with Gasteiger partial charge in [0.2, 0.25) is 0 Å². The van der Waals surface area contributed by atoms with Crippen molar-refractivity contribution in [2.24, 2.45) is 7.05 Å². The second-order valence-electron chi connectivity index (χ2n) is 2.77. The lowest BCUT2D eigenvalue weighted by molar-refractivity contribution is 0.897. The van der Waals surface area contributed by atoms with Crippen LogP contribution in [-0.4, -0.2) is 9.55 Å². The van der Waals surface area contributed by atoms with E-state index in [-0.39, 0.29) is 0 Å². The molecule has 0 unspecified atom stereocenters. The van der Waals surface area contributed by atoms with Gasteiger partial charge in [0.1, 0.15) is 5.82 Å². The third-order valence-electron chi connectivity index (χ3n) is 1.67. The van der Waals surface area contributed by atoms with Crippen LogP contribution in [0.15, 0.2) is 24.4 Å². The number of nitrogens with zero attached hydrogens (tertiary/aromatic N) is 3. The number of allylic oxidation sites excluding steroid dienone is 2. The molecule has 0 spiro atoms. The molecule has 1 heterocycles. The van der Waals surface area contributed by atoms with Gasteiger partial charge in [0.05, 0.1) is 17.3 Å². The van der Waals surface area contributed by atoms with Gasteiger partial charge in [-0.05, 0) is 13.0 Å². The van der Waals surface area contributed by atoms with Gasteiger partial charge in [-0.3, -0.25) is 0 Å². The van der Waals surface area contributed by atoms with Gasteiger partial charge < -0.3 is 4.57 Å². The van der Waals surface area contributed by atoms with E-state index in [1.807, 2.05) is 44.7 Å².